The molecule has 2 aromatic rings. The molecule has 204 valence electrons. The molecule has 38 heavy (non-hydrogen) atoms. The van der Waals surface area contributed by atoms with E-state index < -0.39 is 0 Å². The molecule has 1 N–H and O–H groups in total. The average molecular weight is 536 g/mol. The molecular formula is C32H40ClN2O3-. The number of hydrogen-bond acceptors (Lipinski definition) is 5. The van der Waals surface area contributed by atoms with Gasteiger partial charge in [0.1, 0.15) is 0 Å². The van der Waals surface area contributed by atoms with E-state index in [-0.39, 0.29) is 35.8 Å². The van der Waals surface area contributed by atoms with Gasteiger partial charge in [-0.15, -0.1) is 0 Å². The van der Waals surface area contributed by atoms with E-state index in [1.807, 2.05) is 6.07 Å². The summed E-state index contributed by atoms with van der Waals surface area (Å²) < 4.78 is 11.1. The summed E-state index contributed by atoms with van der Waals surface area (Å²) in [5, 5.41) is 8.82. The Morgan fingerprint density at radius 2 is 1.55 bits per heavy atom. The Bertz CT molecular complexity index is 1180. The van der Waals surface area contributed by atoms with Crippen molar-refractivity contribution in [3.63, 3.8) is 0 Å². The lowest BCUT2D eigenvalue weighted by Crippen LogP contribution is -3.00. The molecule has 0 spiro atoms. The van der Waals surface area contributed by atoms with Gasteiger partial charge in [-0.3, -0.25) is 4.99 Å². The van der Waals surface area contributed by atoms with Gasteiger partial charge in [0.2, 0.25) is 0 Å². The molecule has 0 amide bonds. The molecule has 5 nitrogen and oxygen atoms in total. The topological polar surface area (TPSA) is 54.3 Å². The first-order chi connectivity index (χ1) is 17.9. The van der Waals surface area contributed by atoms with Crippen molar-refractivity contribution < 1.29 is 27.0 Å². The number of aliphatic hydroxyl groups excluding tert-OH is 1. The maximum atomic E-state index is 8.82. The molecule has 0 saturated heterocycles. The summed E-state index contributed by atoms with van der Waals surface area (Å²) in [5.74, 6) is 0.238. The van der Waals surface area contributed by atoms with Crippen LogP contribution in [0, 0.1) is 5.92 Å². The predicted octanol–water partition coefficient (Wildman–Crippen LogP) is 3.12. The molecule has 0 aliphatic carbocycles. The normalized spacial score (nSPS) is 20.2. The molecule has 0 radical (unpaired) electrons. The number of para-hydroxylation sites is 2. The van der Waals surface area contributed by atoms with Crippen molar-refractivity contribution in [2.24, 2.45) is 10.9 Å². The first-order valence-corrected chi connectivity index (χ1v) is 13.2. The Morgan fingerprint density at radius 1 is 0.868 bits per heavy atom. The fourth-order valence-corrected chi connectivity index (χ4v) is 5.27. The van der Waals surface area contributed by atoms with Crippen LogP contribution in [0.2, 0.25) is 0 Å². The largest absolute Gasteiger partial charge is 1.00 e. The van der Waals surface area contributed by atoms with Crippen LogP contribution >= 0.6 is 0 Å². The van der Waals surface area contributed by atoms with Gasteiger partial charge in [0.05, 0.1) is 38.7 Å². The minimum absolute atomic E-state index is 0. The van der Waals surface area contributed by atoms with Crippen LogP contribution in [-0.2, 0) is 20.3 Å². The third-order valence-corrected chi connectivity index (χ3v) is 7.47. The first kappa shape index (κ1) is 29.9. The molecule has 2 aliphatic heterocycles. The number of rotatable bonds is 11. The van der Waals surface area contributed by atoms with Crippen molar-refractivity contribution in [3.8, 4) is 0 Å². The van der Waals surface area contributed by atoms with Crippen molar-refractivity contribution >= 4 is 17.6 Å². The molecule has 1 atom stereocenters. The smallest absolute Gasteiger partial charge is 0.0701 e. The molecule has 1 unspecified atom stereocenters. The van der Waals surface area contributed by atoms with E-state index in [2.05, 4.69) is 112 Å². The van der Waals surface area contributed by atoms with Crippen LogP contribution in [-0.4, -0.2) is 50.9 Å². The second-order valence-corrected chi connectivity index (χ2v) is 10.6. The molecule has 2 aromatic carbocycles. The summed E-state index contributed by atoms with van der Waals surface area (Å²) in [6.07, 6.45) is 12.9. The van der Waals surface area contributed by atoms with E-state index in [1.54, 1.807) is 0 Å². The van der Waals surface area contributed by atoms with Gasteiger partial charge in [0.15, 0.2) is 0 Å². The number of anilines is 1. The lowest BCUT2D eigenvalue weighted by atomic mass is 9.71. The SMILES string of the molecule is CC1(C)\C(=C/C=C/C=C/C2C=Nc3ccccc3C2(C)C)N(CCOCCOCCO)c2ccccc21.[Cl-]. The molecule has 6 heteroatoms. The Hall–Kier alpha value is -2.70. The third kappa shape index (κ3) is 6.47. The van der Waals surface area contributed by atoms with E-state index in [0.29, 0.717) is 26.4 Å². The van der Waals surface area contributed by atoms with Gasteiger partial charge in [-0.05, 0) is 29.3 Å². The van der Waals surface area contributed by atoms with Gasteiger partial charge < -0.3 is 31.9 Å². The van der Waals surface area contributed by atoms with Crippen molar-refractivity contribution in [2.75, 3.05) is 44.5 Å². The molecule has 2 heterocycles. The van der Waals surface area contributed by atoms with Crippen LogP contribution in [0.1, 0.15) is 38.8 Å². The molecular weight excluding hydrogens is 496 g/mol. The summed E-state index contributed by atoms with van der Waals surface area (Å²) in [5.41, 5.74) is 6.08. The highest BCUT2D eigenvalue weighted by atomic mass is 35.5. The van der Waals surface area contributed by atoms with Gasteiger partial charge in [-0.2, -0.15) is 0 Å². The zero-order chi connectivity index (χ0) is 26.3. The fraction of sp³-hybridized carbons (Fsp3) is 0.406. The quantitative estimate of drug-likeness (QED) is 0.355. The summed E-state index contributed by atoms with van der Waals surface area (Å²) in [4.78, 5) is 7.06. The molecule has 0 fully saturated rings. The number of nitrogens with zero attached hydrogens (tertiary/aromatic N) is 2. The maximum Gasteiger partial charge on any atom is 0.0701 e. The standard InChI is InChI=1S/C32H40N2O3.ClH/c1-31(2)25(24-33-28-15-10-8-13-26(28)31)12-6-5-7-17-30-32(3,4)27-14-9-11-16-29(27)34(30)18-20-36-22-23-37-21-19-35;/h5-17,24-25,35H,18-23H2,1-4H3;1H/p-1/b7-5+,12-6+,30-17+;. The van der Waals surface area contributed by atoms with Crippen LogP contribution in [0.3, 0.4) is 0 Å². The molecule has 0 aromatic heterocycles. The maximum absolute atomic E-state index is 8.82. The highest BCUT2D eigenvalue weighted by molar-refractivity contribution is 5.76. The Balaban J connectivity index is 0.00000400. The van der Waals surface area contributed by atoms with Crippen molar-refractivity contribution in [1.29, 1.82) is 0 Å². The Morgan fingerprint density at radius 3 is 2.32 bits per heavy atom. The Labute approximate surface area is 234 Å². The lowest BCUT2D eigenvalue weighted by Gasteiger charge is -2.34. The van der Waals surface area contributed by atoms with E-state index in [4.69, 9.17) is 19.6 Å². The van der Waals surface area contributed by atoms with E-state index >= 15 is 0 Å². The number of fused-ring (bicyclic) bond motifs is 2. The summed E-state index contributed by atoms with van der Waals surface area (Å²) in [6, 6.07) is 17.0. The van der Waals surface area contributed by atoms with E-state index in [1.165, 1.54) is 22.5 Å². The highest BCUT2D eigenvalue weighted by Crippen LogP contribution is 2.47. The first-order valence-electron chi connectivity index (χ1n) is 13.2. The van der Waals surface area contributed by atoms with Gasteiger partial charge in [-0.25, -0.2) is 0 Å². The summed E-state index contributed by atoms with van der Waals surface area (Å²) in [6.45, 7) is 11.9. The number of benzene rings is 2. The van der Waals surface area contributed by atoms with Crippen LogP contribution < -0.4 is 17.3 Å². The second-order valence-electron chi connectivity index (χ2n) is 10.6. The number of aliphatic hydroxyl groups is 1. The van der Waals surface area contributed by atoms with Gasteiger partial charge in [-0.1, -0.05) is 88.4 Å². The summed E-state index contributed by atoms with van der Waals surface area (Å²) in [7, 11) is 0. The number of halogens is 1. The van der Waals surface area contributed by atoms with Gasteiger partial charge >= 0.3 is 0 Å². The minimum Gasteiger partial charge on any atom is -1.00 e. The van der Waals surface area contributed by atoms with Crippen molar-refractivity contribution in [1.82, 2.24) is 0 Å². The van der Waals surface area contributed by atoms with E-state index in [9.17, 15) is 0 Å². The Kier molecular flexibility index (Phi) is 10.5. The fourth-order valence-electron chi connectivity index (χ4n) is 5.27. The lowest BCUT2D eigenvalue weighted by molar-refractivity contribution is -0.00000979. The van der Waals surface area contributed by atoms with Crippen LogP contribution in [0.15, 0.2) is 89.6 Å². The number of allylic oxidation sites excluding steroid dienone is 6. The van der Waals surface area contributed by atoms with Crippen LogP contribution in [0.4, 0.5) is 11.4 Å². The van der Waals surface area contributed by atoms with Gasteiger partial charge in [0, 0.05) is 40.9 Å². The molecule has 0 bridgehead atoms. The van der Waals surface area contributed by atoms with Crippen LogP contribution in [0.5, 0.6) is 0 Å². The predicted molar refractivity (Wildman–Crippen MR) is 153 cm³/mol. The van der Waals surface area contributed by atoms with Crippen molar-refractivity contribution in [2.45, 2.75) is 38.5 Å². The third-order valence-electron chi connectivity index (χ3n) is 7.47. The average Bonchev–Trinajstić information content (AvgIpc) is 3.10. The number of hydrogen-bond donors (Lipinski definition) is 1. The monoisotopic (exact) mass is 535 g/mol. The minimum atomic E-state index is -0.101. The summed E-state index contributed by atoms with van der Waals surface area (Å²) >= 11 is 0. The van der Waals surface area contributed by atoms with Crippen molar-refractivity contribution in [3.05, 3.63) is 95.7 Å². The zero-order valence-corrected chi connectivity index (χ0v) is 23.7. The number of ether oxygens (including phenoxy) is 2. The zero-order valence-electron chi connectivity index (χ0n) is 22.9. The van der Waals surface area contributed by atoms with E-state index in [0.717, 1.165) is 12.2 Å². The molecule has 2 aliphatic rings. The number of aliphatic imine (C=N–C) groups is 1. The molecule has 0 saturated carbocycles. The van der Waals surface area contributed by atoms with Gasteiger partial charge in [0.25, 0.3) is 0 Å². The van der Waals surface area contributed by atoms with Crippen LogP contribution in [0.25, 0.3) is 0 Å². The second kappa shape index (κ2) is 13.4. The molecule has 4 rings (SSSR count). The highest BCUT2D eigenvalue weighted by Gasteiger charge is 2.39.